The monoisotopic (exact) mass is 352 g/mol. The van der Waals surface area contributed by atoms with Crippen molar-refractivity contribution in [2.75, 3.05) is 4.90 Å². The van der Waals surface area contributed by atoms with E-state index in [0.29, 0.717) is 5.92 Å². The molecule has 4 nitrogen and oxygen atoms in total. The third kappa shape index (κ3) is 3.27. The highest BCUT2D eigenvalue weighted by molar-refractivity contribution is 6.30. The fourth-order valence-electron chi connectivity index (χ4n) is 3.43. The van der Waals surface area contributed by atoms with Crippen molar-refractivity contribution in [3.63, 3.8) is 0 Å². The molecule has 0 spiro atoms. The maximum Gasteiger partial charge on any atom is 0.111 e. The highest BCUT2D eigenvalue weighted by Crippen LogP contribution is 2.30. The average molecular weight is 353 g/mol. The Bertz CT molecular complexity index is 900. The van der Waals surface area contributed by atoms with Gasteiger partial charge in [-0.25, -0.2) is 4.98 Å². The second-order valence-corrected chi connectivity index (χ2v) is 7.32. The van der Waals surface area contributed by atoms with Crippen LogP contribution in [0.15, 0.2) is 49.1 Å². The van der Waals surface area contributed by atoms with Gasteiger partial charge in [-0.3, -0.25) is 4.98 Å². The number of imidazole rings is 1. The maximum absolute atomic E-state index is 6.12. The zero-order valence-corrected chi connectivity index (χ0v) is 15.2. The Balaban J connectivity index is 1.55. The smallest absolute Gasteiger partial charge is 0.111 e. The molecule has 0 N–H and O–H groups in total. The van der Waals surface area contributed by atoms with Crippen LogP contribution >= 0.6 is 11.6 Å². The molecule has 0 amide bonds. The number of pyridine rings is 1. The molecule has 1 aromatic carbocycles. The van der Waals surface area contributed by atoms with Crippen molar-refractivity contribution in [3.8, 4) is 0 Å². The molecule has 0 fully saturated rings. The van der Waals surface area contributed by atoms with Gasteiger partial charge in [0.25, 0.3) is 0 Å². The number of nitrogens with zero attached hydrogens (tertiary/aromatic N) is 4. The average Bonchev–Trinajstić information content (AvgIpc) is 3.21. The van der Waals surface area contributed by atoms with Crippen LogP contribution in [0.4, 0.5) is 5.69 Å². The van der Waals surface area contributed by atoms with Crippen LogP contribution in [0.2, 0.25) is 5.02 Å². The number of benzene rings is 1. The van der Waals surface area contributed by atoms with Crippen molar-refractivity contribution in [2.24, 2.45) is 0 Å². The number of aromatic nitrogens is 3. The summed E-state index contributed by atoms with van der Waals surface area (Å²) >= 11 is 6.12. The first-order chi connectivity index (χ1) is 12.1. The van der Waals surface area contributed by atoms with Crippen molar-refractivity contribution in [2.45, 2.75) is 39.4 Å². The zero-order valence-electron chi connectivity index (χ0n) is 14.5. The van der Waals surface area contributed by atoms with E-state index in [2.05, 4.69) is 51.5 Å². The molecule has 0 unspecified atom stereocenters. The molecule has 0 saturated heterocycles. The minimum atomic E-state index is 0.406. The van der Waals surface area contributed by atoms with Crippen LogP contribution in [-0.4, -0.2) is 14.5 Å². The number of fused-ring (bicyclic) bond motifs is 1. The van der Waals surface area contributed by atoms with Gasteiger partial charge in [-0.15, -0.1) is 0 Å². The Morgan fingerprint density at radius 3 is 2.80 bits per heavy atom. The largest absolute Gasteiger partial charge is 0.362 e. The molecule has 3 aromatic rings. The first-order valence-corrected chi connectivity index (χ1v) is 8.95. The van der Waals surface area contributed by atoms with Gasteiger partial charge >= 0.3 is 0 Å². The fraction of sp³-hybridized carbons (Fsp3) is 0.300. The van der Waals surface area contributed by atoms with Crippen LogP contribution in [0, 0.1) is 0 Å². The summed E-state index contributed by atoms with van der Waals surface area (Å²) in [4.78, 5) is 11.3. The summed E-state index contributed by atoms with van der Waals surface area (Å²) in [6, 6.07) is 8.37. The highest BCUT2D eigenvalue weighted by Gasteiger charge is 2.20. The maximum atomic E-state index is 6.12. The van der Waals surface area contributed by atoms with Crippen LogP contribution in [0.5, 0.6) is 0 Å². The quantitative estimate of drug-likeness (QED) is 0.686. The molecular formula is C20H21ClN4. The van der Waals surface area contributed by atoms with Crippen molar-refractivity contribution in [3.05, 3.63) is 76.6 Å². The van der Waals surface area contributed by atoms with E-state index in [9.17, 15) is 0 Å². The van der Waals surface area contributed by atoms with Crippen LogP contribution in [0.25, 0.3) is 0 Å². The van der Waals surface area contributed by atoms with Crippen LogP contribution in [-0.2, 0) is 19.6 Å². The number of rotatable bonds is 4. The third-order valence-corrected chi connectivity index (χ3v) is 4.89. The van der Waals surface area contributed by atoms with Crippen molar-refractivity contribution in [1.82, 2.24) is 14.5 Å². The topological polar surface area (TPSA) is 34.0 Å². The molecule has 3 heterocycles. The van der Waals surface area contributed by atoms with Gasteiger partial charge in [0, 0.05) is 42.6 Å². The predicted molar refractivity (Wildman–Crippen MR) is 101 cm³/mol. The lowest BCUT2D eigenvalue weighted by Gasteiger charge is -2.18. The van der Waals surface area contributed by atoms with Gasteiger partial charge in [0.1, 0.15) is 5.82 Å². The Hall–Kier alpha value is -2.33. The summed E-state index contributed by atoms with van der Waals surface area (Å²) in [5, 5.41) is 0.800. The summed E-state index contributed by atoms with van der Waals surface area (Å²) in [5.74, 6) is 1.51. The fourth-order valence-corrected chi connectivity index (χ4v) is 3.63. The summed E-state index contributed by atoms with van der Waals surface area (Å²) in [6.07, 6.45) is 7.78. The van der Waals surface area contributed by atoms with Crippen molar-refractivity contribution < 1.29 is 0 Å². The number of anilines is 1. The Morgan fingerprint density at radius 2 is 1.96 bits per heavy atom. The molecule has 1 aliphatic heterocycles. The van der Waals surface area contributed by atoms with Crippen molar-refractivity contribution in [1.29, 1.82) is 0 Å². The molecule has 128 valence electrons. The molecular weight excluding hydrogens is 332 g/mol. The summed E-state index contributed by atoms with van der Waals surface area (Å²) in [6.45, 7) is 6.91. The van der Waals surface area contributed by atoms with Gasteiger partial charge in [-0.2, -0.15) is 0 Å². The third-order valence-electron chi connectivity index (χ3n) is 4.65. The predicted octanol–water partition coefficient (Wildman–Crippen LogP) is 4.62. The molecule has 0 aliphatic carbocycles. The minimum absolute atomic E-state index is 0.406. The Morgan fingerprint density at radius 1 is 1.12 bits per heavy atom. The van der Waals surface area contributed by atoms with E-state index >= 15 is 0 Å². The molecule has 0 radical (unpaired) electrons. The van der Waals surface area contributed by atoms with E-state index in [1.165, 1.54) is 16.7 Å². The molecule has 0 atom stereocenters. The lowest BCUT2D eigenvalue weighted by molar-refractivity contribution is 0.668. The lowest BCUT2D eigenvalue weighted by Crippen LogP contribution is -2.15. The highest BCUT2D eigenvalue weighted by atomic mass is 35.5. The van der Waals surface area contributed by atoms with E-state index in [1.54, 1.807) is 0 Å². The molecule has 2 aromatic heterocycles. The van der Waals surface area contributed by atoms with Crippen LogP contribution < -0.4 is 4.90 Å². The minimum Gasteiger partial charge on any atom is -0.362 e. The zero-order chi connectivity index (χ0) is 17.4. The van der Waals surface area contributed by atoms with Gasteiger partial charge in [0.15, 0.2) is 0 Å². The van der Waals surface area contributed by atoms with E-state index in [-0.39, 0.29) is 0 Å². The van der Waals surface area contributed by atoms with E-state index < -0.39 is 0 Å². The van der Waals surface area contributed by atoms with Gasteiger partial charge in [-0.1, -0.05) is 31.5 Å². The number of halogens is 1. The first-order valence-electron chi connectivity index (χ1n) is 8.57. The molecule has 1 aliphatic rings. The first kappa shape index (κ1) is 16.2. The SMILES string of the molecule is CC(C)c1nccn1Cc1cncc(N2Cc3ccc(Cl)cc3C2)c1. The Labute approximate surface area is 153 Å². The molecule has 0 bridgehead atoms. The number of hydrogen-bond donors (Lipinski definition) is 0. The van der Waals surface area contributed by atoms with Crippen molar-refractivity contribution >= 4 is 17.3 Å². The van der Waals surface area contributed by atoms with Gasteiger partial charge in [-0.05, 0) is 34.9 Å². The lowest BCUT2D eigenvalue weighted by atomic mass is 10.1. The standard InChI is InChI=1S/C20H21ClN4/c1-14(2)20-23-5-6-24(20)11-15-7-19(10-22-9-15)25-12-16-3-4-18(21)8-17(16)13-25/h3-10,14H,11-13H2,1-2H3. The van der Waals surface area contributed by atoms with E-state index in [0.717, 1.165) is 36.2 Å². The molecule has 4 rings (SSSR count). The second kappa shape index (κ2) is 6.52. The molecule has 5 heteroatoms. The summed E-state index contributed by atoms with van der Waals surface area (Å²) in [7, 11) is 0. The van der Waals surface area contributed by atoms with Gasteiger partial charge in [0.05, 0.1) is 18.4 Å². The van der Waals surface area contributed by atoms with E-state index in [1.807, 2.05) is 30.9 Å². The van der Waals surface area contributed by atoms with Gasteiger partial charge in [0.2, 0.25) is 0 Å². The van der Waals surface area contributed by atoms with E-state index in [4.69, 9.17) is 11.6 Å². The Kier molecular flexibility index (Phi) is 4.22. The summed E-state index contributed by atoms with van der Waals surface area (Å²) < 4.78 is 2.20. The summed E-state index contributed by atoms with van der Waals surface area (Å²) in [5.41, 5.74) is 4.98. The van der Waals surface area contributed by atoms with Gasteiger partial charge < -0.3 is 9.47 Å². The molecule has 0 saturated carbocycles. The number of hydrogen-bond acceptors (Lipinski definition) is 3. The second-order valence-electron chi connectivity index (χ2n) is 6.89. The van der Waals surface area contributed by atoms with Crippen LogP contribution in [0.3, 0.4) is 0 Å². The van der Waals surface area contributed by atoms with Crippen LogP contribution in [0.1, 0.15) is 42.3 Å². The molecule has 25 heavy (non-hydrogen) atoms. The normalized spacial score (nSPS) is 13.5.